The molecule has 0 bridgehead atoms. The molecule has 4 heteroatoms. The molecule has 1 aliphatic heterocycles. The van der Waals surface area contributed by atoms with Gasteiger partial charge in [0.15, 0.2) is 5.76 Å². The van der Waals surface area contributed by atoms with Crippen LogP contribution < -0.4 is 5.32 Å². The lowest BCUT2D eigenvalue weighted by Gasteiger charge is -2.26. The van der Waals surface area contributed by atoms with Crippen LogP contribution in [0, 0.1) is 6.92 Å². The number of likely N-dealkylation sites (tertiary alicyclic amines) is 1. The van der Waals surface area contributed by atoms with E-state index in [1.54, 1.807) is 6.26 Å². The number of nitrogens with zero attached hydrogens (tertiary/aromatic N) is 1. The van der Waals surface area contributed by atoms with E-state index in [2.05, 4.69) is 10.2 Å². The fraction of sp³-hybridized carbons (Fsp3) is 0.643. The average molecular weight is 250 g/mol. The molecule has 1 aromatic rings. The van der Waals surface area contributed by atoms with Gasteiger partial charge in [0, 0.05) is 12.1 Å². The van der Waals surface area contributed by atoms with Gasteiger partial charge in [-0.1, -0.05) is 6.42 Å². The van der Waals surface area contributed by atoms with Crippen molar-refractivity contribution in [1.82, 2.24) is 10.2 Å². The Morgan fingerprint density at radius 3 is 2.83 bits per heavy atom. The molecule has 2 rings (SSSR count). The van der Waals surface area contributed by atoms with E-state index in [4.69, 9.17) is 4.42 Å². The molecule has 0 aromatic carbocycles. The molecule has 100 valence electrons. The standard InChI is InChI=1S/C14H22N2O2/c1-12-6-11-18-13(12)14(17)15-7-5-10-16-8-3-2-4-9-16/h6,11H,2-5,7-10H2,1H3,(H,15,17). The summed E-state index contributed by atoms with van der Waals surface area (Å²) >= 11 is 0. The summed E-state index contributed by atoms with van der Waals surface area (Å²) in [6.45, 7) is 6.11. The van der Waals surface area contributed by atoms with Gasteiger partial charge in [-0.15, -0.1) is 0 Å². The minimum Gasteiger partial charge on any atom is -0.459 e. The summed E-state index contributed by atoms with van der Waals surface area (Å²) < 4.78 is 5.15. The van der Waals surface area contributed by atoms with Crippen molar-refractivity contribution in [2.45, 2.75) is 32.6 Å². The number of piperidine rings is 1. The zero-order valence-corrected chi connectivity index (χ0v) is 11.1. The molecule has 1 aromatic heterocycles. The number of rotatable bonds is 5. The highest BCUT2D eigenvalue weighted by Gasteiger charge is 2.12. The van der Waals surface area contributed by atoms with Crippen molar-refractivity contribution in [2.24, 2.45) is 0 Å². The van der Waals surface area contributed by atoms with E-state index < -0.39 is 0 Å². The molecule has 2 heterocycles. The van der Waals surface area contributed by atoms with Gasteiger partial charge >= 0.3 is 0 Å². The first-order valence-corrected chi connectivity index (χ1v) is 6.82. The lowest BCUT2D eigenvalue weighted by atomic mass is 10.1. The van der Waals surface area contributed by atoms with Crippen LogP contribution in [0.15, 0.2) is 16.7 Å². The molecule has 0 radical (unpaired) electrons. The second-order valence-corrected chi connectivity index (χ2v) is 4.94. The highest BCUT2D eigenvalue weighted by Crippen LogP contribution is 2.09. The second-order valence-electron chi connectivity index (χ2n) is 4.94. The molecule has 0 saturated carbocycles. The zero-order valence-electron chi connectivity index (χ0n) is 11.1. The van der Waals surface area contributed by atoms with E-state index in [1.165, 1.54) is 32.4 Å². The molecule has 1 saturated heterocycles. The van der Waals surface area contributed by atoms with Crippen molar-refractivity contribution in [2.75, 3.05) is 26.2 Å². The van der Waals surface area contributed by atoms with Gasteiger partial charge in [-0.3, -0.25) is 4.79 Å². The molecule has 0 spiro atoms. The van der Waals surface area contributed by atoms with Crippen LogP contribution >= 0.6 is 0 Å². The molecular formula is C14H22N2O2. The highest BCUT2D eigenvalue weighted by molar-refractivity contribution is 5.92. The number of nitrogens with one attached hydrogen (secondary N) is 1. The van der Waals surface area contributed by atoms with E-state index >= 15 is 0 Å². The van der Waals surface area contributed by atoms with Crippen LogP contribution in [-0.4, -0.2) is 37.0 Å². The topological polar surface area (TPSA) is 45.5 Å². The first-order chi connectivity index (χ1) is 8.77. The molecule has 1 aliphatic rings. The summed E-state index contributed by atoms with van der Waals surface area (Å²) in [6, 6.07) is 1.81. The first-order valence-electron chi connectivity index (χ1n) is 6.82. The van der Waals surface area contributed by atoms with Gasteiger partial charge < -0.3 is 14.6 Å². The van der Waals surface area contributed by atoms with Gasteiger partial charge in [-0.2, -0.15) is 0 Å². The number of hydrogen-bond donors (Lipinski definition) is 1. The van der Waals surface area contributed by atoms with Gasteiger partial charge in [-0.05, 0) is 51.9 Å². The smallest absolute Gasteiger partial charge is 0.287 e. The quantitative estimate of drug-likeness (QED) is 0.815. The summed E-state index contributed by atoms with van der Waals surface area (Å²) in [5.41, 5.74) is 0.892. The first kappa shape index (κ1) is 13.1. The van der Waals surface area contributed by atoms with Gasteiger partial charge in [0.2, 0.25) is 0 Å². The predicted molar refractivity (Wildman–Crippen MR) is 70.7 cm³/mol. The number of hydrogen-bond acceptors (Lipinski definition) is 3. The van der Waals surface area contributed by atoms with Crippen LogP contribution in [0.4, 0.5) is 0 Å². The Labute approximate surface area is 108 Å². The number of carbonyl (C=O) groups excluding carboxylic acids is 1. The highest BCUT2D eigenvalue weighted by atomic mass is 16.3. The van der Waals surface area contributed by atoms with Crippen molar-refractivity contribution < 1.29 is 9.21 Å². The lowest BCUT2D eigenvalue weighted by molar-refractivity contribution is 0.0922. The van der Waals surface area contributed by atoms with Crippen LogP contribution in [0.2, 0.25) is 0 Å². The van der Waals surface area contributed by atoms with Crippen molar-refractivity contribution in [3.05, 3.63) is 23.7 Å². The Hall–Kier alpha value is -1.29. The van der Waals surface area contributed by atoms with Crippen molar-refractivity contribution >= 4 is 5.91 Å². The minimum atomic E-state index is -0.101. The van der Waals surface area contributed by atoms with Crippen molar-refractivity contribution in [3.63, 3.8) is 0 Å². The Morgan fingerprint density at radius 2 is 2.17 bits per heavy atom. The Kier molecular flexibility index (Phi) is 4.81. The molecule has 0 atom stereocenters. The molecular weight excluding hydrogens is 228 g/mol. The van der Waals surface area contributed by atoms with Crippen LogP contribution in [0.1, 0.15) is 41.8 Å². The molecule has 1 N–H and O–H groups in total. The van der Waals surface area contributed by atoms with E-state index in [-0.39, 0.29) is 5.91 Å². The van der Waals surface area contributed by atoms with E-state index in [0.29, 0.717) is 5.76 Å². The van der Waals surface area contributed by atoms with Crippen LogP contribution in [0.25, 0.3) is 0 Å². The Bertz CT molecular complexity index is 381. The lowest BCUT2D eigenvalue weighted by Crippen LogP contribution is -2.33. The van der Waals surface area contributed by atoms with Crippen LogP contribution in [0.3, 0.4) is 0 Å². The molecule has 4 nitrogen and oxygen atoms in total. The normalized spacial score (nSPS) is 16.7. The average Bonchev–Trinajstić information content (AvgIpc) is 2.82. The SMILES string of the molecule is Cc1ccoc1C(=O)NCCCN1CCCCC1. The number of aryl methyl sites for hydroxylation is 1. The monoisotopic (exact) mass is 250 g/mol. The third kappa shape index (κ3) is 3.60. The molecule has 18 heavy (non-hydrogen) atoms. The second kappa shape index (κ2) is 6.59. The van der Waals surface area contributed by atoms with Gasteiger partial charge in [-0.25, -0.2) is 0 Å². The third-order valence-electron chi connectivity index (χ3n) is 3.45. The fourth-order valence-electron chi connectivity index (χ4n) is 2.37. The molecule has 0 aliphatic carbocycles. The molecule has 0 unspecified atom stereocenters. The zero-order chi connectivity index (χ0) is 12.8. The molecule has 1 amide bonds. The Morgan fingerprint density at radius 1 is 1.39 bits per heavy atom. The van der Waals surface area contributed by atoms with Crippen molar-refractivity contribution in [3.8, 4) is 0 Å². The minimum absolute atomic E-state index is 0.101. The number of amides is 1. The summed E-state index contributed by atoms with van der Waals surface area (Å²) in [6.07, 6.45) is 6.56. The Balaban J connectivity index is 1.63. The summed E-state index contributed by atoms with van der Waals surface area (Å²) in [5.74, 6) is 0.337. The number of carbonyl (C=O) groups is 1. The maximum absolute atomic E-state index is 11.8. The van der Waals surface area contributed by atoms with E-state index in [9.17, 15) is 4.79 Å². The van der Waals surface area contributed by atoms with Gasteiger partial charge in [0.1, 0.15) is 0 Å². The maximum Gasteiger partial charge on any atom is 0.287 e. The molecule has 1 fully saturated rings. The number of furan rings is 1. The van der Waals surface area contributed by atoms with E-state index in [0.717, 1.165) is 25.1 Å². The van der Waals surface area contributed by atoms with Crippen LogP contribution in [-0.2, 0) is 0 Å². The fourth-order valence-corrected chi connectivity index (χ4v) is 2.37. The summed E-state index contributed by atoms with van der Waals surface area (Å²) in [4.78, 5) is 14.2. The maximum atomic E-state index is 11.8. The summed E-state index contributed by atoms with van der Waals surface area (Å²) in [5, 5.41) is 2.91. The van der Waals surface area contributed by atoms with Crippen LogP contribution in [0.5, 0.6) is 0 Å². The third-order valence-corrected chi connectivity index (χ3v) is 3.45. The predicted octanol–water partition coefficient (Wildman–Crippen LogP) is 2.19. The summed E-state index contributed by atoms with van der Waals surface area (Å²) in [7, 11) is 0. The van der Waals surface area contributed by atoms with E-state index in [1.807, 2.05) is 13.0 Å². The largest absolute Gasteiger partial charge is 0.459 e. The van der Waals surface area contributed by atoms with Gasteiger partial charge in [0.05, 0.1) is 6.26 Å². The van der Waals surface area contributed by atoms with Crippen molar-refractivity contribution in [1.29, 1.82) is 0 Å². The van der Waals surface area contributed by atoms with Gasteiger partial charge in [0.25, 0.3) is 5.91 Å².